The smallest absolute Gasteiger partial charge is 0.0966 e. The molecule has 18 heavy (non-hydrogen) atoms. The highest BCUT2D eigenvalue weighted by Crippen LogP contribution is 2.51. The first kappa shape index (κ1) is 14.3. The van der Waals surface area contributed by atoms with Crippen molar-refractivity contribution in [3.8, 4) is 0 Å². The molecule has 2 nitrogen and oxygen atoms in total. The van der Waals surface area contributed by atoms with Gasteiger partial charge in [-0.2, -0.15) is 0 Å². The lowest BCUT2D eigenvalue weighted by Crippen LogP contribution is -2.62. The van der Waals surface area contributed by atoms with Crippen LogP contribution in [-0.2, 0) is 0 Å². The molecule has 3 atom stereocenters. The molecule has 0 spiro atoms. The molecular weight excluding hydrogens is 224 g/mol. The third-order valence-corrected chi connectivity index (χ3v) is 5.53. The number of hydrogen-bond donors (Lipinski definition) is 2. The van der Waals surface area contributed by atoms with Gasteiger partial charge in [0, 0.05) is 0 Å². The third-order valence-electron chi connectivity index (χ3n) is 5.53. The van der Waals surface area contributed by atoms with Crippen LogP contribution in [-0.4, -0.2) is 21.4 Å². The van der Waals surface area contributed by atoms with Crippen LogP contribution in [0.2, 0.25) is 0 Å². The Morgan fingerprint density at radius 1 is 1.00 bits per heavy atom. The van der Waals surface area contributed by atoms with Gasteiger partial charge >= 0.3 is 0 Å². The van der Waals surface area contributed by atoms with Crippen molar-refractivity contribution >= 4 is 0 Å². The monoisotopic (exact) mass is 254 g/mol. The molecule has 0 amide bonds. The molecule has 2 aliphatic carbocycles. The van der Waals surface area contributed by atoms with Crippen LogP contribution in [0.4, 0.5) is 0 Å². The molecule has 0 radical (unpaired) electrons. The zero-order valence-electron chi connectivity index (χ0n) is 12.3. The fourth-order valence-electron chi connectivity index (χ4n) is 4.48. The molecule has 0 heterocycles. The molecule has 0 saturated heterocycles. The molecule has 2 fully saturated rings. The highest BCUT2D eigenvalue weighted by Gasteiger charge is 2.56. The van der Waals surface area contributed by atoms with Crippen molar-refractivity contribution in [1.29, 1.82) is 0 Å². The minimum Gasteiger partial charge on any atom is -0.387 e. The van der Waals surface area contributed by atoms with Gasteiger partial charge in [0.1, 0.15) is 0 Å². The lowest BCUT2D eigenvalue weighted by molar-refractivity contribution is -0.222. The Balaban J connectivity index is 2.27. The zero-order chi connectivity index (χ0) is 13.4. The van der Waals surface area contributed by atoms with E-state index >= 15 is 0 Å². The fourth-order valence-corrected chi connectivity index (χ4v) is 4.48. The van der Waals surface area contributed by atoms with Gasteiger partial charge < -0.3 is 10.2 Å². The van der Waals surface area contributed by atoms with Gasteiger partial charge in [-0.3, -0.25) is 0 Å². The summed E-state index contributed by atoms with van der Waals surface area (Å²) < 4.78 is 0. The normalized spacial score (nSPS) is 41.0. The second-order valence-electron chi connectivity index (χ2n) is 7.25. The van der Waals surface area contributed by atoms with Gasteiger partial charge in [-0.15, -0.1) is 0 Å². The van der Waals surface area contributed by atoms with Crippen LogP contribution in [0.25, 0.3) is 0 Å². The van der Waals surface area contributed by atoms with E-state index in [1.165, 1.54) is 12.8 Å². The Kier molecular flexibility index (Phi) is 4.08. The largest absolute Gasteiger partial charge is 0.387 e. The topological polar surface area (TPSA) is 40.5 Å². The van der Waals surface area contributed by atoms with E-state index in [-0.39, 0.29) is 5.92 Å². The molecule has 0 bridgehead atoms. The molecule has 2 heteroatoms. The predicted octanol–water partition coefficient (Wildman–Crippen LogP) is 3.50. The molecule has 2 aliphatic rings. The van der Waals surface area contributed by atoms with Gasteiger partial charge in [0.15, 0.2) is 0 Å². The molecule has 0 aromatic rings. The van der Waals surface area contributed by atoms with Gasteiger partial charge in [-0.25, -0.2) is 0 Å². The van der Waals surface area contributed by atoms with Crippen molar-refractivity contribution in [1.82, 2.24) is 0 Å². The van der Waals surface area contributed by atoms with E-state index in [2.05, 4.69) is 20.8 Å². The highest BCUT2D eigenvalue weighted by atomic mass is 16.4. The lowest BCUT2D eigenvalue weighted by atomic mass is 9.57. The van der Waals surface area contributed by atoms with E-state index in [1.807, 2.05) is 0 Å². The molecule has 2 rings (SSSR count). The first-order valence-electron chi connectivity index (χ1n) is 7.84. The van der Waals surface area contributed by atoms with E-state index in [9.17, 15) is 10.2 Å². The molecule has 2 saturated carbocycles. The Morgan fingerprint density at radius 2 is 1.61 bits per heavy atom. The number of hydrogen-bond acceptors (Lipinski definition) is 2. The highest BCUT2D eigenvalue weighted by molar-refractivity contribution is 5.07. The Bertz CT molecular complexity index is 281. The van der Waals surface area contributed by atoms with Crippen LogP contribution in [0.15, 0.2) is 0 Å². The first-order chi connectivity index (χ1) is 8.39. The quantitative estimate of drug-likeness (QED) is 0.791. The van der Waals surface area contributed by atoms with Gasteiger partial charge in [-0.1, -0.05) is 46.5 Å². The summed E-state index contributed by atoms with van der Waals surface area (Å²) >= 11 is 0. The summed E-state index contributed by atoms with van der Waals surface area (Å²) in [6.07, 6.45) is 7.97. The maximum atomic E-state index is 11.3. The zero-order valence-corrected chi connectivity index (χ0v) is 12.3. The van der Waals surface area contributed by atoms with E-state index in [1.54, 1.807) is 0 Å². The van der Waals surface area contributed by atoms with Crippen molar-refractivity contribution in [3.05, 3.63) is 0 Å². The molecular formula is C16H30O2. The maximum absolute atomic E-state index is 11.3. The summed E-state index contributed by atoms with van der Waals surface area (Å²) in [5.41, 5.74) is -1.67. The van der Waals surface area contributed by atoms with Crippen LogP contribution >= 0.6 is 0 Å². The molecule has 0 aromatic carbocycles. The molecule has 106 valence electrons. The number of aliphatic hydroxyl groups is 2. The molecule has 0 aromatic heterocycles. The van der Waals surface area contributed by atoms with Crippen molar-refractivity contribution in [2.24, 2.45) is 17.8 Å². The number of rotatable bonds is 2. The average molecular weight is 254 g/mol. The van der Waals surface area contributed by atoms with Gasteiger partial charge in [-0.05, 0) is 43.4 Å². The van der Waals surface area contributed by atoms with E-state index < -0.39 is 11.2 Å². The van der Waals surface area contributed by atoms with Crippen LogP contribution in [0, 0.1) is 17.8 Å². The van der Waals surface area contributed by atoms with Crippen LogP contribution in [0.1, 0.15) is 72.1 Å². The van der Waals surface area contributed by atoms with Crippen LogP contribution in [0.3, 0.4) is 0 Å². The lowest BCUT2D eigenvalue weighted by Gasteiger charge is -2.54. The van der Waals surface area contributed by atoms with Crippen LogP contribution < -0.4 is 0 Å². The summed E-state index contributed by atoms with van der Waals surface area (Å²) in [4.78, 5) is 0. The van der Waals surface area contributed by atoms with E-state index in [0.29, 0.717) is 11.8 Å². The van der Waals surface area contributed by atoms with Gasteiger partial charge in [0.25, 0.3) is 0 Å². The van der Waals surface area contributed by atoms with Gasteiger partial charge in [0.2, 0.25) is 0 Å². The van der Waals surface area contributed by atoms with Crippen molar-refractivity contribution in [2.45, 2.75) is 83.3 Å². The predicted molar refractivity (Wildman–Crippen MR) is 74.3 cm³/mol. The summed E-state index contributed by atoms with van der Waals surface area (Å²) in [6, 6.07) is 0. The third kappa shape index (κ3) is 2.34. The second-order valence-corrected chi connectivity index (χ2v) is 7.25. The summed E-state index contributed by atoms with van der Waals surface area (Å²) in [5.74, 6) is 1.25. The first-order valence-corrected chi connectivity index (χ1v) is 7.84. The molecule has 2 N–H and O–H groups in total. The van der Waals surface area contributed by atoms with Crippen LogP contribution in [0.5, 0.6) is 0 Å². The summed E-state index contributed by atoms with van der Waals surface area (Å²) in [5, 5.41) is 22.3. The van der Waals surface area contributed by atoms with Crippen molar-refractivity contribution in [2.75, 3.05) is 0 Å². The SMILES string of the molecule is CC1CCC(C(C)C)C(O)(C2(O)CCCCC2)C1. The maximum Gasteiger partial charge on any atom is 0.0966 e. The summed E-state index contributed by atoms with van der Waals surface area (Å²) in [7, 11) is 0. The van der Waals surface area contributed by atoms with Crippen molar-refractivity contribution < 1.29 is 10.2 Å². The Hall–Kier alpha value is -0.0800. The standard InChI is InChI=1S/C16H30O2/c1-12(2)14-8-7-13(3)11-16(14,18)15(17)9-5-4-6-10-15/h12-14,17-18H,4-11H2,1-3H3. The molecule has 3 unspecified atom stereocenters. The minimum atomic E-state index is -0.848. The second kappa shape index (κ2) is 5.13. The molecule has 0 aliphatic heterocycles. The average Bonchev–Trinajstić information content (AvgIpc) is 2.29. The Labute approximate surface area is 112 Å². The minimum absolute atomic E-state index is 0.261. The fraction of sp³-hybridized carbons (Fsp3) is 1.00. The summed E-state index contributed by atoms with van der Waals surface area (Å²) in [6.45, 7) is 6.60. The van der Waals surface area contributed by atoms with Gasteiger partial charge in [0.05, 0.1) is 11.2 Å². The Morgan fingerprint density at radius 3 is 2.17 bits per heavy atom. The van der Waals surface area contributed by atoms with E-state index in [4.69, 9.17) is 0 Å². The van der Waals surface area contributed by atoms with E-state index in [0.717, 1.165) is 38.5 Å². The van der Waals surface area contributed by atoms with Crippen molar-refractivity contribution in [3.63, 3.8) is 0 Å².